The van der Waals surface area contributed by atoms with Gasteiger partial charge in [-0.3, -0.25) is 0 Å². The number of hydrogen-bond acceptors (Lipinski definition) is 3. The predicted molar refractivity (Wildman–Crippen MR) is 127 cm³/mol. The Kier molecular flexibility index (Phi) is 7.68. The number of likely N-dealkylation sites (tertiary alicyclic amines) is 1. The summed E-state index contributed by atoms with van der Waals surface area (Å²) in [5.74, 6) is 0.960. The van der Waals surface area contributed by atoms with Crippen LogP contribution in [-0.2, 0) is 6.54 Å². The van der Waals surface area contributed by atoms with E-state index >= 15 is 0 Å². The van der Waals surface area contributed by atoms with Crippen LogP contribution in [0.4, 0.5) is 5.69 Å². The number of aliphatic imine (C=N–C) groups is 1. The van der Waals surface area contributed by atoms with E-state index in [1.54, 1.807) is 0 Å². The lowest BCUT2D eigenvalue weighted by molar-refractivity contribution is 0.119. The molecule has 1 saturated carbocycles. The number of rotatable bonds is 6. The standard InChI is InChI=1S/C25H39N5/c1-2-26-25(27-20-21-9-8-12-24(19-21)29-15-6-7-16-29)28-22-13-17-30(18-14-22)23-10-4-3-5-11-23/h6-9,12,19,22-23H,2-5,10-11,13-18,20H2,1H3,(H2,26,27,28). The molecule has 0 unspecified atom stereocenters. The highest BCUT2D eigenvalue weighted by Gasteiger charge is 2.26. The second-order valence-corrected chi connectivity index (χ2v) is 8.99. The molecule has 2 aliphatic heterocycles. The molecule has 0 atom stereocenters. The van der Waals surface area contributed by atoms with Crippen molar-refractivity contribution in [1.29, 1.82) is 0 Å². The summed E-state index contributed by atoms with van der Waals surface area (Å²) in [4.78, 5) is 10.0. The van der Waals surface area contributed by atoms with Gasteiger partial charge >= 0.3 is 0 Å². The zero-order valence-electron chi connectivity index (χ0n) is 18.7. The van der Waals surface area contributed by atoms with E-state index in [2.05, 4.69) is 63.8 Å². The minimum Gasteiger partial charge on any atom is -0.364 e. The van der Waals surface area contributed by atoms with Crippen molar-refractivity contribution in [3.63, 3.8) is 0 Å². The molecule has 1 saturated heterocycles. The van der Waals surface area contributed by atoms with Gasteiger partial charge in [-0.25, -0.2) is 4.99 Å². The summed E-state index contributed by atoms with van der Waals surface area (Å²) in [5, 5.41) is 7.16. The van der Waals surface area contributed by atoms with Gasteiger partial charge in [0.1, 0.15) is 0 Å². The first kappa shape index (κ1) is 21.2. The van der Waals surface area contributed by atoms with Crippen LogP contribution in [0.3, 0.4) is 0 Å². The van der Waals surface area contributed by atoms with Crippen molar-refractivity contribution >= 4 is 11.6 Å². The van der Waals surface area contributed by atoms with Gasteiger partial charge in [0, 0.05) is 50.5 Å². The van der Waals surface area contributed by atoms with Crippen molar-refractivity contribution in [2.45, 2.75) is 70.5 Å². The van der Waals surface area contributed by atoms with Crippen molar-refractivity contribution in [3.8, 4) is 0 Å². The normalized spacial score (nSPS) is 21.9. The van der Waals surface area contributed by atoms with E-state index in [1.165, 1.54) is 69.3 Å². The van der Waals surface area contributed by atoms with E-state index in [0.717, 1.165) is 31.6 Å². The quantitative estimate of drug-likeness (QED) is 0.425. The van der Waals surface area contributed by atoms with Gasteiger partial charge in [0.25, 0.3) is 0 Å². The maximum absolute atomic E-state index is 4.90. The highest BCUT2D eigenvalue weighted by molar-refractivity contribution is 5.80. The number of anilines is 1. The summed E-state index contributed by atoms with van der Waals surface area (Å²) < 4.78 is 0. The minimum atomic E-state index is 0.532. The molecule has 0 radical (unpaired) electrons. The van der Waals surface area contributed by atoms with E-state index in [0.29, 0.717) is 12.6 Å². The Labute approximate surface area is 182 Å². The van der Waals surface area contributed by atoms with E-state index in [9.17, 15) is 0 Å². The van der Waals surface area contributed by atoms with Crippen LogP contribution in [0.2, 0.25) is 0 Å². The zero-order chi connectivity index (χ0) is 20.6. The fourth-order valence-electron chi connectivity index (χ4n) is 5.08. The molecule has 0 amide bonds. The molecule has 2 fully saturated rings. The summed E-state index contributed by atoms with van der Waals surface area (Å²) >= 11 is 0. The van der Waals surface area contributed by atoms with E-state index in [-0.39, 0.29) is 0 Å². The lowest BCUT2D eigenvalue weighted by Crippen LogP contribution is -2.50. The monoisotopic (exact) mass is 409 g/mol. The fraction of sp³-hybridized carbons (Fsp3) is 0.640. The summed E-state index contributed by atoms with van der Waals surface area (Å²) in [7, 11) is 0. The summed E-state index contributed by atoms with van der Waals surface area (Å²) in [6.07, 6.45) is 14.0. The molecular weight excluding hydrogens is 370 g/mol. The molecular formula is C25H39N5. The Morgan fingerprint density at radius 1 is 1.03 bits per heavy atom. The van der Waals surface area contributed by atoms with Crippen molar-refractivity contribution in [1.82, 2.24) is 15.5 Å². The van der Waals surface area contributed by atoms with Gasteiger partial charge in [0.15, 0.2) is 5.96 Å². The van der Waals surface area contributed by atoms with Crippen LogP contribution >= 0.6 is 0 Å². The second-order valence-electron chi connectivity index (χ2n) is 8.99. The van der Waals surface area contributed by atoms with Gasteiger partial charge < -0.3 is 20.4 Å². The fourth-order valence-corrected chi connectivity index (χ4v) is 5.08. The molecule has 0 spiro atoms. The van der Waals surface area contributed by atoms with Gasteiger partial charge in [0.2, 0.25) is 0 Å². The number of benzene rings is 1. The van der Waals surface area contributed by atoms with Crippen molar-refractivity contribution in [2.75, 3.05) is 37.6 Å². The smallest absolute Gasteiger partial charge is 0.191 e. The van der Waals surface area contributed by atoms with Crippen molar-refractivity contribution in [2.24, 2.45) is 4.99 Å². The Hall–Kier alpha value is -2.01. The largest absolute Gasteiger partial charge is 0.364 e. The average Bonchev–Trinajstić information content (AvgIpc) is 3.34. The Bertz CT molecular complexity index is 706. The summed E-state index contributed by atoms with van der Waals surface area (Å²) in [6.45, 7) is 8.23. The molecule has 4 rings (SSSR count). The molecule has 1 aromatic carbocycles. The number of nitrogens with one attached hydrogen (secondary N) is 2. The first-order chi connectivity index (χ1) is 14.8. The molecule has 5 heteroatoms. The maximum Gasteiger partial charge on any atom is 0.191 e. The van der Waals surface area contributed by atoms with Crippen LogP contribution in [0, 0.1) is 0 Å². The van der Waals surface area contributed by atoms with Gasteiger partial charge in [0.05, 0.1) is 6.54 Å². The first-order valence-electron chi connectivity index (χ1n) is 12.1. The molecule has 5 nitrogen and oxygen atoms in total. The Morgan fingerprint density at radius 3 is 2.53 bits per heavy atom. The molecule has 30 heavy (non-hydrogen) atoms. The summed E-state index contributed by atoms with van der Waals surface area (Å²) in [5.41, 5.74) is 2.56. The maximum atomic E-state index is 4.90. The molecule has 1 aromatic rings. The number of nitrogens with zero attached hydrogens (tertiary/aromatic N) is 3. The zero-order valence-corrected chi connectivity index (χ0v) is 18.7. The highest BCUT2D eigenvalue weighted by Crippen LogP contribution is 2.25. The van der Waals surface area contributed by atoms with Gasteiger partial charge in [-0.15, -0.1) is 0 Å². The third kappa shape index (κ3) is 5.78. The van der Waals surface area contributed by atoms with Gasteiger partial charge in [-0.05, 0) is 50.3 Å². The third-order valence-electron chi connectivity index (χ3n) is 6.82. The molecule has 2 N–H and O–H groups in total. The van der Waals surface area contributed by atoms with Crippen molar-refractivity contribution < 1.29 is 0 Å². The molecule has 1 aliphatic carbocycles. The van der Waals surface area contributed by atoms with Crippen LogP contribution in [0.1, 0.15) is 57.4 Å². The van der Waals surface area contributed by atoms with Crippen LogP contribution in [0.15, 0.2) is 41.4 Å². The molecule has 0 aromatic heterocycles. The predicted octanol–water partition coefficient (Wildman–Crippen LogP) is 3.92. The SMILES string of the molecule is CCNC(=NCc1cccc(N2CC=CC2)c1)NC1CCN(C2CCCCC2)CC1. The van der Waals surface area contributed by atoms with Crippen LogP contribution < -0.4 is 15.5 Å². The van der Waals surface area contributed by atoms with E-state index < -0.39 is 0 Å². The van der Waals surface area contributed by atoms with Crippen LogP contribution in [0.25, 0.3) is 0 Å². The summed E-state index contributed by atoms with van der Waals surface area (Å²) in [6, 6.07) is 10.2. The molecule has 2 heterocycles. The topological polar surface area (TPSA) is 42.9 Å². The number of guanidine groups is 1. The van der Waals surface area contributed by atoms with Gasteiger partial charge in [-0.1, -0.05) is 43.5 Å². The molecule has 0 bridgehead atoms. The first-order valence-corrected chi connectivity index (χ1v) is 12.1. The number of piperidine rings is 1. The third-order valence-corrected chi connectivity index (χ3v) is 6.82. The van der Waals surface area contributed by atoms with Gasteiger partial charge in [-0.2, -0.15) is 0 Å². The molecule has 164 valence electrons. The van der Waals surface area contributed by atoms with Crippen LogP contribution in [-0.4, -0.2) is 55.7 Å². The van der Waals surface area contributed by atoms with E-state index in [1.807, 2.05) is 0 Å². The average molecular weight is 410 g/mol. The highest BCUT2D eigenvalue weighted by atomic mass is 15.2. The second kappa shape index (κ2) is 10.9. The van der Waals surface area contributed by atoms with E-state index in [4.69, 9.17) is 4.99 Å². The lowest BCUT2D eigenvalue weighted by Gasteiger charge is -2.39. The minimum absolute atomic E-state index is 0.532. The Balaban J connectivity index is 1.29. The molecule has 3 aliphatic rings. The lowest BCUT2D eigenvalue weighted by atomic mass is 9.92. The van der Waals surface area contributed by atoms with Crippen LogP contribution in [0.5, 0.6) is 0 Å². The number of hydrogen-bond donors (Lipinski definition) is 2. The van der Waals surface area contributed by atoms with Crippen molar-refractivity contribution in [3.05, 3.63) is 42.0 Å². The Morgan fingerprint density at radius 2 is 1.80 bits per heavy atom.